The first kappa shape index (κ1) is 12.0. The largest absolute Gasteiger partial charge is 0.480 e. The van der Waals surface area contributed by atoms with Crippen molar-refractivity contribution in [2.24, 2.45) is 5.73 Å². The molecule has 1 rings (SSSR count). The highest BCUT2D eigenvalue weighted by molar-refractivity contribution is 5.82. The highest BCUT2D eigenvalue weighted by Gasteiger charge is 2.36. The predicted molar refractivity (Wildman–Crippen MR) is 55.3 cm³/mol. The Hall–Kier alpha value is -1.10. The van der Waals surface area contributed by atoms with Crippen molar-refractivity contribution in [2.45, 2.75) is 44.7 Å². The first-order valence-electron chi connectivity index (χ1n) is 5.35. The molecule has 5 heteroatoms. The van der Waals surface area contributed by atoms with Crippen molar-refractivity contribution >= 4 is 11.9 Å². The second-order valence-corrected chi connectivity index (χ2v) is 3.94. The summed E-state index contributed by atoms with van der Waals surface area (Å²) in [7, 11) is 0. The highest BCUT2D eigenvalue weighted by atomic mass is 16.4. The molecule has 15 heavy (non-hydrogen) atoms. The average molecular weight is 214 g/mol. The zero-order valence-corrected chi connectivity index (χ0v) is 8.98. The highest BCUT2D eigenvalue weighted by Crippen LogP contribution is 2.22. The third-order valence-electron chi connectivity index (χ3n) is 2.87. The first-order chi connectivity index (χ1) is 7.07. The molecule has 0 aromatic heterocycles. The molecule has 1 heterocycles. The quantitative estimate of drug-likeness (QED) is 0.684. The Kier molecular flexibility index (Phi) is 4.08. The van der Waals surface area contributed by atoms with Crippen molar-refractivity contribution in [3.63, 3.8) is 0 Å². The van der Waals surface area contributed by atoms with Crippen molar-refractivity contribution in [3.05, 3.63) is 0 Å². The molecule has 1 saturated heterocycles. The Labute approximate surface area is 89.2 Å². The van der Waals surface area contributed by atoms with Gasteiger partial charge in [0.25, 0.3) is 0 Å². The molecule has 0 aliphatic carbocycles. The lowest BCUT2D eigenvalue weighted by Crippen LogP contribution is -2.49. The van der Waals surface area contributed by atoms with E-state index in [0.717, 1.165) is 12.8 Å². The summed E-state index contributed by atoms with van der Waals surface area (Å²) in [6, 6.07) is -0.951. The topological polar surface area (TPSA) is 83.6 Å². The van der Waals surface area contributed by atoms with Gasteiger partial charge in [-0.3, -0.25) is 14.5 Å². The molecule has 0 aromatic rings. The molecule has 86 valence electrons. The summed E-state index contributed by atoms with van der Waals surface area (Å²) in [5.74, 6) is -1.26. The molecule has 1 aliphatic rings. The number of carboxylic acids is 1. The number of carboxylic acid groups (broad SMARTS) is 1. The number of nitrogens with zero attached hydrogens (tertiary/aromatic N) is 1. The maximum absolute atomic E-state index is 11.1. The van der Waals surface area contributed by atoms with Crippen molar-refractivity contribution in [2.75, 3.05) is 6.54 Å². The minimum atomic E-state index is -0.856. The van der Waals surface area contributed by atoms with E-state index in [0.29, 0.717) is 19.4 Å². The van der Waals surface area contributed by atoms with Gasteiger partial charge in [-0.25, -0.2) is 0 Å². The molecule has 0 bridgehead atoms. The van der Waals surface area contributed by atoms with Gasteiger partial charge in [0.05, 0.1) is 6.04 Å². The van der Waals surface area contributed by atoms with Gasteiger partial charge in [-0.15, -0.1) is 0 Å². The molecule has 2 atom stereocenters. The minimum absolute atomic E-state index is 0.391. The fourth-order valence-electron chi connectivity index (χ4n) is 2.17. The van der Waals surface area contributed by atoms with E-state index in [-0.39, 0.29) is 0 Å². The van der Waals surface area contributed by atoms with Crippen LogP contribution in [0.3, 0.4) is 0 Å². The zero-order chi connectivity index (χ0) is 11.4. The van der Waals surface area contributed by atoms with E-state index in [2.05, 4.69) is 0 Å². The fourth-order valence-corrected chi connectivity index (χ4v) is 2.17. The normalized spacial score (nSPS) is 23.9. The van der Waals surface area contributed by atoms with Gasteiger partial charge in [-0.1, -0.05) is 13.3 Å². The minimum Gasteiger partial charge on any atom is -0.480 e. The summed E-state index contributed by atoms with van der Waals surface area (Å²) < 4.78 is 0. The predicted octanol–water partition coefficient (Wildman–Crippen LogP) is 0.189. The number of carbonyl (C=O) groups excluding carboxylic acids is 1. The van der Waals surface area contributed by atoms with Crippen LogP contribution in [0.2, 0.25) is 0 Å². The molecule has 1 fully saturated rings. The standard InChI is InChI=1S/C10H18N2O3/c1-2-4-8(10(14)15)12-6-3-5-7(12)9(11)13/h7-8H,2-6H2,1H3,(H2,11,13)(H,14,15). The van der Waals surface area contributed by atoms with E-state index in [9.17, 15) is 9.59 Å². The molecule has 0 radical (unpaired) electrons. The fraction of sp³-hybridized carbons (Fsp3) is 0.800. The molecule has 3 N–H and O–H groups in total. The van der Waals surface area contributed by atoms with Gasteiger partial charge in [-0.05, 0) is 25.8 Å². The first-order valence-corrected chi connectivity index (χ1v) is 5.35. The SMILES string of the molecule is CCCC(C(=O)O)N1CCCC1C(N)=O. The second-order valence-electron chi connectivity index (χ2n) is 3.94. The number of aliphatic carboxylic acids is 1. The summed E-state index contributed by atoms with van der Waals surface area (Å²) in [6.45, 7) is 2.59. The number of likely N-dealkylation sites (tertiary alicyclic amines) is 1. The number of hydrogen-bond acceptors (Lipinski definition) is 3. The van der Waals surface area contributed by atoms with E-state index in [1.807, 2.05) is 6.92 Å². The van der Waals surface area contributed by atoms with Gasteiger partial charge in [0, 0.05) is 0 Å². The van der Waals surface area contributed by atoms with Crippen molar-refractivity contribution in [1.82, 2.24) is 4.90 Å². The molecule has 1 aliphatic heterocycles. The van der Waals surface area contributed by atoms with Crippen LogP contribution in [-0.4, -0.2) is 40.5 Å². The van der Waals surface area contributed by atoms with Crippen molar-refractivity contribution in [3.8, 4) is 0 Å². The molecular weight excluding hydrogens is 196 g/mol. The third-order valence-corrected chi connectivity index (χ3v) is 2.87. The Balaban J connectivity index is 2.73. The molecule has 0 saturated carbocycles. The van der Waals surface area contributed by atoms with Crippen LogP contribution in [-0.2, 0) is 9.59 Å². The Bertz CT molecular complexity index is 255. The van der Waals surface area contributed by atoms with Crippen LogP contribution < -0.4 is 5.73 Å². The molecule has 5 nitrogen and oxygen atoms in total. The zero-order valence-electron chi connectivity index (χ0n) is 8.98. The monoisotopic (exact) mass is 214 g/mol. The number of nitrogens with two attached hydrogens (primary N) is 1. The number of primary amides is 1. The molecule has 1 amide bonds. The van der Waals surface area contributed by atoms with Crippen LogP contribution in [0, 0.1) is 0 Å². The Morgan fingerprint density at radius 1 is 1.60 bits per heavy atom. The van der Waals surface area contributed by atoms with Gasteiger partial charge in [-0.2, -0.15) is 0 Å². The number of rotatable bonds is 5. The van der Waals surface area contributed by atoms with E-state index in [1.165, 1.54) is 0 Å². The van der Waals surface area contributed by atoms with Gasteiger partial charge < -0.3 is 10.8 Å². The molecule has 2 unspecified atom stereocenters. The smallest absolute Gasteiger partial charge is 0.320 e. The third kappa shape index (κ3) is 2.68. The van der Waals surface area contributed by atoms with Crippen LogP contribution in [0.4, 0.5) is 0 Å². The van der Waals surface area contributed by atoms with Gasteiger partial charge in [0.1, 0.15) is 6.04 Å². The number of carbonyl (C=O) groups is 2. The van der Waals surface area contributed by atoms with Crippen LogP contribution in [0.1, 0.15) is 32.6 Å². The number of hydrogen-bond donors (Lipinski definition) is 2. The lowest BCUT2D eigenvalue weighted by atomic mass is 10.1. The van der Waals surface area contributed by atoms with E-state index in [4.69, 9.17) is 10.8 Å². The van der Waals surface area contributed by atoms with E-state index in [1.54, 1.807) is 4.90 Å². The maximum Gasteiger partial charge on any atom is 0.320 e. The van der Waals surface area contributed by atoms with E-state index < -0.39 is 24.0 Å². The summed E-state index contributed by atoms with van der Waals surface area (Å²) in [4.78, 5) is 23.9. The van der Waals surface area contributed by atoms with E-state index >= 15 is 0 Å². The van der Waals surface area contributed by atoms with Gasteiger partial charge >= 0.3 is 5.97 Å². The maximum atomic E-state index is 11.1. The molecule has 0 aromatic carbocycles. The van der Waals surface area contributed by atoms with Crippen LogP contribution in [0.15, 0.2) is 0 Å². The molecular formula is C10H18N2O3. The average Bonchev–Trinajstić information content (AvgIpc) is 2.61. The summed E-state index contributed by atoms with van der Waals surface area (Å²) in [6.07, 6.45) is 2.89. The Morgan fingerprint density at radius 2 is 2.27 bits per heavy atom. The number of amides is 1. The van der Waals surface area contributed by atoms with Crippen LogP contribution >= 0.6 is 0 Å². The van der Waals surface area contributed by atoms with Crippen molar-refractivity contribution < 1.29 is 14.7 Å². The van der Waals surface area contributed by atoms with Crippen LogP contribution in [0.25, 0.3) is 0 Å². The lowest BCUT2D eigenvalue weighted by Gasteiger charge is -2.28. The van der Waals surface area contributed by atoms with Gasteiger partial charge in [0.15, 0.2) is 0 Å². The van der Waals surface area contributed by atoms with Crippen molar-refractivity contribution in [1.29, 1.82) is 0 Å². The lowest BCUT2D eigenvalue weighted by molar-refractivity contribution is -0.144. The molecule has 0 spiro atoms. The summed E-state index contributed by atoms with van der Waals surface area (Å²) >= 11 is 0. The van der Waals surface area contributed by atoms with Crippen LogP contribution in [0.5, 0.6) is 0 Å². The second kappa shape index (κ2) is 5.11. The summed E-state index contributed by atoms with van der Waals surface area (Å²) in [5, 5.41) is 9.07. The summed E-state index contributed by atoms with van der Waals surface area (Å²) in [5.41, 5.74) is 5.25. The Morgan fingerprint density at radius 3 is 2.73 bits per heavy atom. The van der Waals surface area contributed by atoms with Gasteiger partial charge in [0.2, 0.25) is 5.91 Å².